The van der Waals surface area contributed by atoms with Crippen molar-refractivity contribution in [3.8, 4) is 0 Å². The summed E-state index contributed by atoms with van der Waals surface area (Å²) in [6.45, 7) is 3.96. The first-order valence-electron chi connectivity index (χ1n) is 7.97. The van der Waals surface area contributed by atoms with E-state index in [2.05, 4.69) is 10.3 Å². The van der Waals surface area contributed by atoms with Crippen molar-refractivity contribution in [2.75, 3.05) is 6.61 Å². The molecule has 130 valence electrons. The predicted octanol–water partition coefficient (Wildman–Crippen LogP) is 2.90. The van der Waals surface area contributed by atoms with Gasteiger partial charge in [0.05, 0.1) is 11.4 Å². The number of halogens is 1. The summed E-state index contributed by atoms with van der Waals surface area (Å²) in [5.41, 5.74) is 3.64. The Balaban J connectivity index is 2.14. The fourth-order valence-electron chi connectivity index (χ4n) is 3.10. The van der Waals surface area contributed by atoms with Crippen LogP contribution < -0.4 is 0 Å². The van der Waals surface area contributed by atoms with Crippen LogP contribution in [0.25, 0.3) is 0 Å². The number of nitrogens with zero attached hydrogens (tertiary/aromatic N) is 3. The van der Waals surface area contributed by atoms with Gasteiger partial charge in [0, 0.05) is 37.5 Å². The second-order valence-corrected chi connectivity index (χ2v) is 6.16. The van der Waals surface area contributed by atoms with Gasteiger partial charge >= 0.3 is 0 Å². The Kier molecular flexibility index (Phi) is 6.31. The molecule has 0 amide bonds. The van der Waals surface area contributed by atoms with E-state index in [1.807, 2.05) is 27.1 Å². The molecule has 1 fully saturated rings. The molecule has 1 heterocycles. The number of rotatable bonds is 6. The van der Waals surface area contributed by atoms with Gasteiger partial charge in [-0.05, 0) is 25.0 Å². The maximum atomic E-state index is 12.6. The highest BCUT2D eigenvalue weighted by Crippen LogP contribution is 2.34. The number of aryl methyl sites for hydroxylation is 2. The zero-order valence-corrected chi connectivity index (χ0v) is 14.9. The number of Topliss-reactive ketones (excluding diaryl/α,β-unsaturated/α-hetero) is 2. The van der Waals surface area contributed by atoms with E-state index in [1.54, 1.807) is 10.8 Å². The molecular formula is C17H22ClN3O3. The molecule has 0 aromatic carbocycles. The van der Waals surface area contributed by atoms with E-state index in [0.717, 1.165) is 11.3 Å². The molecule has 0 spiro atoms. The minimum Gasteiger partial charge on any atom is -0.392 e. The monoisotopic (exact) mass is 351 g/mol. The maximum Gasteiger partial charge on any atom is 0.149 e. The molecule has 1 aromatic rings. The molecule has 1 aliphatic rings. The van der Waals surface area contributed by atoms with Crippen LogP contribution in [0.2, 0.25) is 0 Å². The molecule has 7 heteroatoms. The van der Waals surface area contributed by atoms with Crippen molar-refractivity contribution >= 4 is 28.9 Å². The smallest absolute Gasteiger partial charge is 0.149 e. The van der Waals surface area contributed by atoms with Gasteiger partial charge < -0.3 is 4.84 Å². The lowest BCUT2D eigenvalue weighted by Crippen LogP contribution is -2.38. The number of hydrogen-bond donors (Lipinski definition) is 0. The normalized spacial score (nSPS) is 22.4. The minimum atomic E-state index is -0.789. The summed E-state index contributed by atoms with van der Waals surface area (Å²) < 4.78 is 1.71. The highest BCUT2D eigenvalue weighted by molar-refractivity contribution is 6.25. The molecule has 1 aromatic heterocycles. The Morgan fingerprint density at radius 2 is 2.12 bits per heavy atom. The summed E-state index contributed by atoms with van der Waals surface area (Å²) in [5, 5.41) is 8.27. The van der Waals surface area contributed by atoms with Crippen molar-refractivity contribution in [2.24, 2.45) is 18.1 Å². The van der Waals surface area contributed by atoms with Crippen molar-refractivity contribution in [2.45, 2.75) is 39.0 Å². The van der Waals surface area contributed by atoms with Gasteiger partial charge in [-0.1, -0.05) is 23.7 Å². The molecular weight excluding hydrogens is 330 g/mol. The molecule has 0 unspecified atom stereocenters. The van der Waals surface area contributed by atoms with Gasteiger partial charge in [0.1, 0.15) is 24.1 Å². The van der Waals surface area contributed by atoms with E-state index in [4.69, 9.17) is 16.4 Å². The van der Waals surface area contributed by atoms with Crippen LogP contribution in [-0.4, -0.2) is 33.7 Å². The summed E-state index contributed by atoms with van der Waals surface area (Å²) in [6.07, 6.45) is 4.61. The number of carbonyl (C=O) groups is 2. The quantitative estimate of drug-likeness (QED) is 0.342. The lowest BCUT2D eigenvalue weighted by molar-refractivity contribution is -0.133. The third kappa shape index (κ3) is 4.12. The van der Waals surface area contributed by atoms with E-state index in [-0.39, 0.29) is 24.1 Å². The Morgan fingerprint density at radius 1 is 1.46 bits per heavy atom. The molecule has 0 N–H and O–H groups in total. The van der Waals surface area contributed by atoms with Crippen molar-refractivity contribution in [1.29, 1.82) is 0 Å². The highest BCUT2D eigenvalue weighted by atomic mass is 35.5. The van der Waals surface area contributed by atoms with Crippen LogP contribution in [0.4, 0.5) is 0 Å². The number of oxime groups is 1. The van der Waals surface area contributed by atoms with Gasteiger partial charge in [0.15, 0.2) is 0 Å². The third-order valence-corrected chi connectivity index (χ3v) is 4.35. The first kappa shape index (κ1) is 18.4. The fraction of sp³-hybridized carbons (Fsp3) is 0.529. The van der Waals surface area contributed by atoms with Crippen molar-refractivity contribution in [3.05, 3.63) is 29.1 Å². The van der Waals surface area contributed by atoms with E-state index in [0.29, 0.717) is 25.0 Å². The Bertz CT molecular complexity index is 661. The number of aromatic nitrogens is 2. The van der Waals surface area contributed by atoms with Crippen LogP contribution in [0.5, 0.6) is 0 Å². The van der Waals surface area contributed by atoms with Gasteiger partial charge in [0.25, 0.3) is 0 Å². The summed E-state index contributed by atoms with van der Waals surface area (Å²) in [4.78, 5) is 30.3. The van der Waals surface area contributed by atoms with Crippen LogP contribution in [0.1, 0.15) is 43.4 Å². The molecule has 0 atom stereocenters. The number of ketones is 2. The molecule has 0 aliphatic heterocycles. The molecule has 6 nitrogen and oxygen atoms in total. The highest BCUT2D eigenvalue weighted by Gasteiger charge is 2.39. The van der Waals surface area contributed by atoms with E-state index >= 15 is 0 Å². The summed E-state index contributed by atoms with van der Waals surface area (Å²) >= 11 is 5.41. The summed E-state index contributed by atoms with van der Waals surface area (Å²) in [5.74, 6) is -1.09. The Hall–Kier alpha value is -1.95. The molecule has 2 rings (SSSR count). The lowest BCUT2D eigenvalue weighted by atomic mass is 9.75. The Labute approximate surface area is 146 Å². The van der Waals surface area contributed by atoms with Crippen molar-refractivity contribution in [1.82, 2.24) is 9.78 Å². The minimum absolute atomic E-state index is 0.100. The molecule has 24 heavy (non-hydrogen) atoms. The first-order chi connectivity index (χ1) is 11.5. The zero-order chi connectivity index (χ0) is 17.7. The molecule has 0 radical (unpaired) electrons. The molecule has 0 bridgehead atoms. The molecule has 1 aliphatic carbocycles. The maximum absolute atomic E-state index is 12.6. The van der Waals surface area contributed by atoms with E-state index < -0.39 is 5.92 Å². The zero-order valence-electron chi connectivity index (χ0n) is 14.2. The topological polar surface area (TPSA) is 73.5 Å². The standard InChI is InChI=1S/C17H22ClN3O3/c1-4-14(20-24-7-5-6-18)17-15(22)8-12(9-16(17)23)13-10-21(3)19-11(13)2/h5-6,10,12,17H,4,7-9H2,1-3H3/b6-5+,20-14+. The van der Waals surface area contributed by atoms with Crippen LogP contribution in [0, 0.1) is 12.8 Å². The second-order valence-electron chi connectivity index (χ2n) is 5.91. The number of hydrogen-bond acceptors (Lipinski definition) is 5. The summed E-state index contributed by atoms with van der Waals surface area (Å²) in [7, 11) is 1.83. The second kappa shape index (κ2) is 8.24. The molecule has 0 saturated heterocycles. The van der Waals surface area contributed by atoms with Crippen LogP contribution in [-0.2, 0) is 21.5 Å². The third-order valence-electron chi connectivity index (χ3n) is 4.17. The van der Waals surface area contributed by atoms with Crippen molar-refractivity contribution < 1.29 is 14.4 Å². The average molecular weight is 352 g/mol. The van der Waals surface area contributed by atoms with Gasteiger partial charge in [-0.25, -0.2) is 0 Å². The average Bonchev–Trinajstić information content (AvgIpc) is 2.87. The van der Waals surface area contributed by atoms with Gasteiger partial charge in [-0.3, -0.25) is 14.3 Å². The molecule has 1 saturated carbocycles. The van der Waals surface area contributed by atoms with E-state index in [9.17, 15) is 9.59 Å². The lowest BCUT2D eigenvalue weighted by Gasteiger charge is -2.26. The predicted molar refractivity (Wildman–Crippen MR) is 92.1 cm³/mol. The van der Waals surface area contributed by atoms with Gasteiger partial charge in [-0.15, -0.1) is 0 Å². The van der Waals surface area contributed by atoms with Crippen LogP contribution >= 0.6 is 11.6 Å². The van der Waals surface area contributed by atoms with Gasteiger partial charge in [0.2, 0.25) is 0 Å². The SMILES string of the molecule is CC/C(=N\OC/C=C/Cl)C1C(=O)CC(c2cn(C)nc2C)CC1=O. The summed E-state index contributed by atoms with van der Waals surface area (Å²) in [6, 6.07) is 0. The first-order valence-corrected chi connectivity index (χ1v) is 8.41. The van der Waals surface area contributed by atoms with Gasteiger partial charge in [-0.2, -0.15) is 5.10 Å². The number of carbonyl (C=O) groups excluding carboxylic acids is 2. The fourth-order valence-corrected chi connectivity index (χ4v) is 3.18. The van der Waals surface area contributed by atoms with Crippen molar-refractivity contribution in [3.63, 3.8) is 0 Å². The van der Waals surface area contributed by atoms with Crippen LogP contribution in [0.15, 0.2) is 23.0 Å². The Morgan fingerprint density at radius 3 is 2.62 bits per heavy atom. The largest absolute Gasteiger partial charge is 0.392 e. The van der Waals surface area contributed by atoms with Crippen LogP contribution in [0.3, 0.4) is 0 Å². The van der Waals surface area contributed by atoms with E-state index in [1.165, 1.54) is 5.54 Å².